The van der Waals surface area contributed by atoms with Gasteiger partial charge in [0.05, 0.1) is 5.41 Å². The van der Waals surface area contributed by atoms with Crippen molar-refractivity contribution >= 4 is 17.7 Å². The molecule has 1 aliphatic rings. The molecule has 0 aliphatic carbocycles. The van der Waals surface area contributed by atoms with Gasteiger partial charge in [-0.15, -0.1) is 10.2 Å². The molecule has 0 bridgehead atoms. The number of benzene rings is 1. The molecule has 1 aromatic heterocycles. The van der Waals surface area contributed by atoms with Crippen LogP contribution in [0, 0.1) is 5.41 Å². The molecule has 9 nitrogen and oxygen atoms in total. The first kappa shape index (κ1) is 15.9. The Morgan fingerprint density at radius 2 is 2.08 bits per heavy atom. The van der Waals surface area contributed by atoms with Gasteiger partial charge in [-0.1, -0.05) is 19.1 Å². The van der Waals surface area contributed by atoms with Gasteiger partial charge in [0.25, 0.3) is 0 Å². The van der Waals surface area contributed by atoms with E-state index in [1.807, 2.05) is 13.0 Å². The van der Waals surface area contributed by atoms with Crippen LogP contribution in [-0.2, 0) is 4.79 Å². The number of piperidine rings is 1. The SMILES string of the molecule is CC1(C(=O)Nc2cccc(-c3nn[nH]n3)c2)CCN(C(=O)O)CC1. The summed E-state index contributed by atoms with van der Waals surface area (Å²) in [4.78, 5) is 25.0. The molecule has 2 aromatic rings. The van der Waals surface area contributed by atoms with E-state index in [1.54, 1.807) is 18.2 Å². The second-order valence-corrected chi connectivity index (χ2v) is 6.10. The number of amides is 2. The first-order chi connectivity index (χ1) is 11.5. The third-order valence-electron chi connectivity index (χ3n) is 4.41. The number of carboxylic acid groups (broad SMARTS) is 1. The maximum absolute atomic E-state index is 12.6. The van der Waals surface area contributed by atoms with Gasteiger partial charge in [-0.25, -0.2) is 4.79 Å². The van der Waals surface area contributed by atoms with Crippen LogP contribution in [0.25, 0.3) is 11.4 Å². The number of anilines is 1. The van der Waals surface area contributed by atoms with Crippen LogP contribution >= 0.6 is 0 Å². The standard InChI is InChI=1S/C15H18N6O3/c1-15(5-7-21(8-6-15)14(23)24)13(22)16-11-4-2-3-10(9-11)12-17-19-20-18-12/h2-4,9H,5-8H2,1H3,(H,16,22)(H,23,24)(H,17,18,19,20). The molecule has 0 radical (unpaired) electrons. The molecule has 24 heavy (non-hydrogen) atoms. The highest BCUT2D eigenvalue weighted by molar-refractivity contribution is 5.95. The second-order valence-electron chi connectivity index (χ2n) is 6.10. The molecule has 3 N–H and O–H groups in total. The fourth-order valence-electron chi connectivity index (χ4n) is 2.72. The molecule has 1 aliphatic heterocycles. The van der Waals surface area contributed by atoms with Crippen LogP contribution in [0.1, 0.15) is 19.8 Å². The van der Waals surface area contributed by atoms with Gasteiger partial charge in [0, 0.05) is 24.3 Å². The molecule has 0 unspecified atom stereocenters. The fraction of sp³-hybridized carbons (Fsp3) is 0.400. The lowest BCUT2D eigenvalue weighted by Gasteiger charge is -2.36. The minimum Gasteiger partial charge on any atom is -0.465 e. The molecule has 9 heteroatoms. The largest absolute Gasteiger partial charge is 0.465 e. The monoisotopic (exact) mass is 330 g/mol. The molecule has 0 spiro atoms. The smallest absolute Gasteiger partial charge is 0.407 e. The van der Waals surface area contributed by atoms with Crippen molar-refractivity contribution in [2.24, 2.45) is 5.41 Å². The molecule has 2 amide bonds. The van der Waals surface area contributed by atoms with E-state index in [4.69, 9.17) is 5.11 Å². The zero-order chi connectivity index (χ0) is 17.2. The van der Waals surface area contributed by atoms with Gasteiger partial charge < -0.3 is 15.3 Å². The fourth-order valence-corrected chi connectivity index (χ4v) is 2.72. The number of nitrogens with one attached hydrogen (secondary N) is 2. The lowest BCUT2D eigenvalue weighted by atomic mass is 9.79. The number of carbonyl (C=O) groups is 2. The average Bonchev–Trinajstić information content (AvgIpc) is 3.10. The molecule has 0 saturated carbocycles. The summed E-state index contributed by atoms with van der Waals surface area (Å²) in [7, 11) is 0. The minimum absolute atomic E-state index is 0.113. The molecule has 0 atom stereocenters. The molecule has 1 aromatic carbocycles. The van der Waals surface area contributed by atoms with E-state index in [1.165, 1.54) is 4.90 Å². The van der Waals surface area contributed by atoms with E-state index in [9.17, 15) is 9.59 Å². The molecule has 2 heterocycles. The van der Waals surface area contributed by atoms with Crippen LogP contribution in [0.4, 0.5) is 10.5 Å². The van der Waals surface area contributed by atoms with Gasteiger partial charge in [-0.2, -0.15) is 5.21 Å². The maximum atomic E-state index is 12.6. The normalized spacial score (nSPS) is 16.6. The number of H-pyrrole nitrogens is 1. The topological polar surface area (TPSA) is 124 Å². The Balaban J connectivity index is 1.69. The summed E-state index contributed by atoms with van der Waals surface area (Å²) < 4.78 is 0. The Labute approximate surface area is 138 Å². The van der Waals surface area contributed by atoms with Gasteiger partial charge in [0.1, 0.15) is 0 Å². The zero-order valence-corrected chi connectivity index (χ0v) is 13.2. The van der Waals surface area contributed by atoms with Crippen molar-refractivity contribution in [2.75, 3.05) is 18.4 Å². The van der Waals surface area contributed by atoms with Gasteiger partial charge in [0.15, 0.2) is 0 Å². The molecular formula is C15H18N6O3. The molecule has 1 saturated heterocycles. The number of aromatic nitrogens is 4. The number of nitrogens with zero attached hydrogens (tertiary/aromatic N) is 4. The van der Waals surface area contributed by atoms with Gasteiger partial charge in [0.2, 0.25) is 11.7 Å². The average molecular weight is 330 g/mol. The van der Waals surface area contributed by atoms with Crippen LogP contribution in [-0.4, -0.2) is 55.7 Å². The first-order valence-electron chi connectivity index (χ1n) is 7.61. The highest BCUT2D eigenvalue weighted by Crippen LogP contribution is 2.32. The van der Waals surface area contributed by atoms with Gasteiger partial charge in [-0.05, 0) is 30.2 Å². The lowest BCUT2D eigenvalue weighted by molar-refractivity contribution is -0.127. The summed E-state index contributed by atoms with van der Waals surface area (Å²) in [5.41, 5.74) is 0.797. The highest BCUT2D eigenvalue weighted by atomic mass is 16.4. The van der Waals surface area contributed by atoms with Gasteiger partial charge >= 0.3 is 6.09 Å². The van der Waals surface area contributed by atoms with Crippen LogP contribution in [0.2, 0.25) is 0 Å². The second kappa shape index (κ2) is 6.26. The first-order valence-corrected chi connectivity index (χ1v) is 7.61. The molecular weight excluding hydrogens is 312 g/mol. The summed E-state index contributed by atoms with van der Waals surface area (Å²) in [5.74, 6) is 0.338. The van der Waals surface area contributed by atoms with Crippen molar-refractivity contribution in [2.45, 2.75) is 19.8 Å². The number of hydrogen-bond acceptors (Lipinski definition) is 5. The maximum Gasteiger partial charge on any atom is 0.407 e. The van der Waals surface area contributed by atoms with Crippen LogP contribution in [0.5, 0.6) is 0 Å². The number of rotatable bonds is 3. The number of carbonyl (C=O) groups excluding carboxylic acids is 1. The van der Waals surface area contributed by atoms with Crippen molar-refractivity contribution in [1.82, 2.24) is 25.5 Å². The molecule has 1 fully saturated rings. The van der Waals surface area contributed by atoms with Crippen LogP contribution in [0.3, 0.4) is 0 Å². The Morgan fingerprint density at radius 1 is 1.33 bits per heavy atom. The third kappa shape index (κ3) is 3.19. The summed E-state index contributed by atoms with van der Waals surface area (Å²) in [6.45, 7) is 2.59. The summed E-state index contributed by atoms with van der Waals surface area (Å²) in [5, 5.41) is 25.7. The Morgan fingerprint density at radius 3 is 2.71 bits per heavy atom. The van der Waals surface area contributed by atoms with Crippen LogP contribution in [0.15, 0.2) is 24.3 Å². The number of aromatic amines is 1. The summed E-state index contributed by atoms with van der Waals surface area (Å²) in [6.07, 6.45) is 0.0518. The van der Waals surface area contributed by atoms with Crippen molar-refractivity contribution in [3.05, 3.63) is 24.3 Å². The van der Waals surface area contributed by atoms with E-state index in [-0.39, 0.29) is 5.91 Å². The highest BCUT2D eigenvalue weighted by Gasteiger charge is 2.38. The molecule has 3 rings (SSSR count). The van der Waals surface area contributed by atoms with Crippen molar-refractivity contribution in [3.63, 3.8) is 0 Å². The lowest BCUT2D eigenvalue weighted by Crippen LogP contribution is -2.46. The zero-order valence-electron chi connectivity index (χ0n) is 13.2. The molecule has 126 valence electrons. The van der Waals surface area contributed by atoms with Crippen LogP contribution < -0.4 is 5.32 Å². The van der Waals surface area contributed by atoms with E-state index >= 15 is 0 Å². The van der Waals surface area contributed by atoms with E-state index < -0.39 is 11.5 Å². The Bertz CT molecular complexity index is 737. The Kier molecular flexibility index (Phi) is 4.15. The van der Waals surface area contributed by atoms with Crippen molar-refractivity contribution < 1.29 is 14.7 Å². The Hall–Kier alpha value is -2.97. The minimum atomic E-state index is -0.940. The van der Waals surface area contributed by atoms with E-state index in [0.29, 0.717) is 37.4 Å². The van der Waals surface area contributed by atoms with E-state index in [2.05, 4.69) is 25.9 Å². The predicted molar refractivity (Wildman–Crippen MR) is 85.2 cm³/mol. The third-order valence-corrected chi connectivity index (χ3v) is 4.41. The number of likely N-dealkylation sites (tertiary alicyclic amines) is 1. The summed E-state index contributed by atoms with van der Waals surface area (Å²) in [6, 6.07) is 7.19. The van der Waals surface area contributed by atoms with E-state index in [0.717, 1.165) is 5.56 Å². The van der Waals surface area contributed by atoms with Gasteiger partial charge in [-0.3, -0.25) is 4.79 Å². The predicted octanol–water partition coefficient (Wildman–Crippen LogP) is 1.59. The summed E-state index contributed by atoms with van der Waals surface area (Å²) >= 11 is 0. The number of hydrogen-bond donors (Lipinski definition) is 3. The van der Waals surface area contributed by atoms with Crippen molar-refractivity contribution in [3.8, 4) is 11.4 Å². The van der Waals surface area contributed by atoms with Crippen molar-refractivity contribution in [1.29, 1.82) is 0 Å². The quantitative estimate of drug-likeness (QED) is 0.785. The number of tetrazole rings is 1.